The topological polar surface area (TPSA) is 25.4 Å². The number of methoxy groups -OCH3 is 1. The maximum Gasteiger partial charge on any atom is 0.216 e. The van der Waals surface area contributed by atoms with Crippen LogP contribution in [0.5, 0.6) is 5.88 Å². The smallest absolute Gasteiger partial charge is 0.216 e. The van der Waals surface area contributed by atoms with E-state index in [9.17, 15) is 0 Å². The summed E-state index contributed by atoms with van der Waals surface area (Å²) < 4.78 is 5.48. The molecule has 0 atom stereocenters. The van der Waals surface area contributed by atoms with Crippen LogP contribution in [0.2, 0.25) is 0 Å². The first-order chi connectivity index (χ1) is 9.65. The molecule has 1 saturated heterocycles. The summed E-state index contributed by atoms with van der Waals surface area (Å²) in [7, 11) is 1.72. The van der Waals surface area contributed by atoms with Crippen molar-refractivity contribution in [3.63, 3.8) is 0 Å². The zero-order valence-corrected chi connectivity index (χ0v) is 13.4. The van der Waals surface area contributed by atoms with Crippen LogP contribution in [0.15, 0.2) is 12.1 Å². The lowest BCUT2D eigenvalue weighted by atomic mass is 9.92. The molecule has 1 aliphatic rings. The summed E-state index contributed by atoms with van der Waals surface area (Å²) in [6.45, 7) is 10.3. The van der Waals surface area contributed by atoms with E-state index in [1.54, 1.807) is 7.11 Å². The van der Waals surface area contributed by atoms with E-state index in [4.69, 9.17) is 9.72 Å². The van der Waals surface area contributed by atoms with Crippen molar-refractivity contribution in [3.05, 3.63) is 23.4 Å². The molecule has 3 nitrogen and oxygen atoms in total. The van der Waals surface area contributed by atoms with E-state index in [-0.39, 0.29) is 0 Å². The molecule has 1 aliphatic heterocycles. The van der Waals surface area contributed by atoms with Crippen LogP contribution in [-0.2, 0) is 0 Å². The highest BCUT2D eigenvalue weighted by Crippen LogP contribution is 2.31. The summed E-state index contributed by atoms with van der Waals surface area (Å²) in [5.41, 5.74) is 2.42. The lowest BCUT2D eigenvalue weighted by Gasteiger charge is -2.31. The third-order valence-electron chi connectivity index (χ3n) is 4.27. The van der Waals surface area contributed by atoms with E-state index in [2.05, 4.69) is 37.8 Å². The van der Waals surface area contributed by atoms with E-state index in [1.165, 1.54) is 50.2 Å². The summed E-state index contributed by atoms with van der Waals surface area (Å²) in [6, 6.07) is 4.41. The average molecular weight is 276 g/mol. The van der Waals surface area contributed by atoms with Crippen molar-refractivity contribution in [2.75, 3.05) is 26.7 Å². The van der Waals surface area contributed by atoms with Gasteiger partial charge in [-0.25, -0.2) is 4.98 Å². The van der Waals surface area contributed by atoms with Crippen LogP contribution in [0.4, 0.5) is 0 Å². The van der Waals surface area contributed by atoms with Crippen LogP contribution in [-0.4, -0.2) is 36.6 Å². The van der Waals surface area contributed by atoms with Crippen molar-refractivity contribution < 1.29 is 4.74 Å². The minimum Gasteiger partial charge on any atom is -0.481 e. The van der Waals surface area contributed by atoms with E-state index in [1.807, 2.05) is 0 Å². The number of ether oxygens (including phenoxy) is 1. The maximum atomic E-state index is 5.48. The minimum absolute atomic E-state index is 0.456. The second-order valence-corrected chi connectivity index (χ2v) is 6.11. The molecule has 0 unspecified atom stereocenters. The van der Waals surface area contributed by atoms with Crippen LogP contribution in [0, 0.1) is 0 Å². The molecule has 112 valence electrons. The van der Waals surface area contributed by atoms with Crippen LogP contribution < -0.4 is 4.74 Å². The van der Waals surface area contributed by atoms with Gasteiger partial charge in [0.15, 0.2) is 0 Å². The zero-order valence-electron chi connectivity index (χ0n) is 13.4. The molecule has 0 spiro atoms. The van der Waals surface area contributed by atoms with Crippen molar-refractivity contribution in [1.29, 1.82) is 0 Å². The molecule has 20 heavy (non-hydrogen) atoms. The van der Waals surface area contributed by atoms with Crippen LogP contribution in [0.25, 0.3) is 0 Å². The molecule has 0 aliphatic carbocycles. The highest BCUT2D eigenvalue weighted by atomic mass is 16.5. The zero-order chi connectivity index (χ0) is 14.5. The molecular weight excluding hydrogens is 248 g/mol. The highest BCUT2D eigenvalue weighted by molar-refractivity contribution is 5.32. The van der Waals surface area contributed by atoms with Crippen LogP contribution in [0.1, 0.15) is 63.1 Å². The number of piperidine rings is 1. The number of nitrogens with zero attached hydrogens (tertiary/aromatic N) is 2. The lowest BCUT2D eigenvalue weighted by molar-refractivity contribution is 0.211. The Morgan fingerprint density at radius 2 is 2.00 bits per heavy atom. The number of likely N-dealkylation sites (tertiary alicyclic amines) is 1. The molecule has 2 heterocycles. The fraction of sp³-hybridized carbons (Fsp3) is 0.706. The van der Waals surface area contributed by atoms with Gasteiger partial charge in [0.1, 0.15) is 0 Å². The van der Waals surface area contributed by atoms with Gasteiger partial charge in [0.05, 0.1) is 7.11 Å². The summed E-state index contributed by atoms with van der Waals surface area (Å²) in [5.74, 6) is 1.87. The largest absolute Gasteiger partial charge is 0.481 e. The Morgan fingerprint density at radius 1 is 1.30 bits per heavy atom. The van der Waals surface area contributed by atoms with Crippen molar-refractivity contribution in [3.8, 4) is 5.88 Å². The van der Waals surface area contributed by atoms with Gasteiger partial charge >= 0.3 is 0 Å². The molecule has 0 saturated carbocycles. The first-order valence-electron chi connectivity index (χ1n) is 7.92. The molecule has 0 amide bonds. The van der Waals surface area contributed by atoms with Crippen LogP contribution in [0.3, 0.4) is 0 Å². The number of hydrogen-bond donors (Lipinski definition) is 0. The molecule has 1 aromatic heterocycles. The molecule has 3 heteroatoms. The SMILES string of the molecule is CCCN1CCC(c2ccc(C(C)C)c(OC)n2)CC1. The number of aromatic nitrogens is 1. The molecule has 1 aromatic rings. The second-order valence-electron chi connectivity index (χ2n) is 6.11. The lowest BCUT2D eigenvalue weighted by Crippen LogP contribution is -2.33. The van der Waals surface area contributed by atoms with Gasteiger partial charge in [0.25, 0.3) is 0 Å². The Labute approximate surface area is 123 Å². The van der Waals surface area contributed by atoms with Gasteiger partial charge in [-0.2, -0.15) is 0 Å². The molecular formula is C17H28N2O. The average Bonchev–Trinajstić information content (AvgIpc) is 2.47. The summed E-state index contributed by atoms with van der Waals surface area (Å²) in [5, 5.41) is 0. The Balaban J connectivity index is 2.07. The Hall–Kier alpha value is -1.09. The van der Waals surface area contributed by atoms with Gasteiger partial charge in [0.2, 0.25) is 5.88 Å². The predicted molar refractivity (Wildman–Crippen MR) is 83.6 cm³/mol. The molecule has 2 rings (SSSR count). The van der Waals surface area contributed by atoms with E-state index < -0.39 is 0 Å². The van der Waals surface area contributed by atoms with Crippen molar-refractivity contribution >= 4 is 0 Å². The normalized spacial score (nSPS) is 17.6. The minimum atomic E-state index is 0.456. The first-order valence-corrected chi connectivity index (χ1v) is 7.92. The van der Waals surface area contributed by atoms with Crippen LogP contribution >= 0.6 is 0 Å². The molecule has 0 aromatic carbocycles. The van der Waals surface area contributed by atoms with Crippen molar-refractivity contribution in [2.45, 2.75) is 51.9 Å². The standard InChI is InChI=1S/C17H28N2O/c1-5-10-19-11-8-14(9-12-19)16-7-6-15(13(2)3)17(18-16)20-4/h6-7,13-14H,5,8-12H2,1-4H3. The third-order valence-corrected chi connectivity index (χ3v) is 4.27. The quantitative estimate of drug-likeness (QED) is 0.818. The summed E-state index contributed by atoms with van der Waals surface area (Å²) in [4.78, 5) is 7.33. The summed E-state index contributed by atoms with van der Waals surface area (Å²) in [6.07, 6.45) is 3.69. The number of pyridine rings is 1. The van der Waals surface area contributed by atoms with Gasteiger partial charge in [-0.15, -0.1) is 0 Å². The molecule has 0 bridgehead atoms. The van der Waals surface area contributed by atoms with Gasteiger partial charge < -0.3 is 9.64 Å². The Kier molecular flexibility index (Phi) is 5.41. The van der Waals surface area contributed by atoms with E-state index in [0.717, 1.165) is 5.88 Å². The predicted octanol–water partition coefficient (Wildman–Crippen LogP) is 3.80. The van der Waals surface area contributed by atoms with E-state index >= 15 is 0 Å². The van der Waals surface area contributed by atoms with Gasteiger partial charge in [-0.05, 0) is 50.9 Å². The second kappa shape index (κ2) is 7.07. The van der Waals surface area contributed by atoms with Gasteiger partial charge in [0, 0.05) is 17.2 Å². The first kappa shape index (κ1) is 15.3. The monoisotopic (exact) mass is 276 g/mol. The Morgan fingerprint density at radius 3 is 2.55 bits per heavy atom. The van der Waals surface area contributed by atoms with Gasteiger partial charge in [-0.3, -0.25) is 0 Å². The Bertz CT molecular complexity index is 423. The number of rotatable bonds is 5. The maximum absolute atomic E-state index is 5.48. The molecule has 0 radical (unpaired) electrons. The fourth-order valence-corrected chi connectivity index (χ4v) is 3.06. The fourth-order valence-electron chi connectivity index (χ4n) is 3.06. The molecule has 0 N–H and O–H groups in total. The van der Waals surface area contributed by atoms with E-state index in [0.29, 0.717) is 11.8 Å². The van der Waals surface area contributed by atoms with Crippen molar-refractivity contribution in [2.24, 2.45) is 0 Å². The highest BCUT2D eigenvalue weighted by Gasteiger charge is 2.22. The third kappa shape index (κ3) is 3.51. The van der Waals surface area contributed by atoms with Gasteiger partial charge in [-0.1, -0.05) is 26.8 Å². The number of hydrogen-bond acceptors (Lipinski definition) is 3. The summed E-state index contributed by atoms with van der Waals surface area (Å²) >= 11 is 0. The molecule has 1 fully saturated rings. The van der Waals surface area contributed by atoms with Crippen molar-refractivity contribution in [1.82, 2.24) is 9.88 Å².